The van der Waals surface area contributed by atoms with Crippen molar-refractivity contribution in [3.05, 3.63) is 70.3 Å². The van der Waals surface area contributed by atoms with Crippen LogP contribution in [0.4, 0.5) is 25.2 Å². The van der Waals surface area contributed by atoms with Crippen molar-refractivity contribution in [2.75, 3.05) is 13.2 Å². The molecule has 0 bridgehead atoms. The zero-order valence-corrected chi connectivity index (χ0v) is 17.7. The first-order chi connectivity index (χ1) is 13.7. The number of rotatable bonds is 5. The molecule has 1 heterocycles. The number of fused-ring (bicyclic) bond motifs is 1. The summed E-state index contributed by atoms with van der Waals surface area (Å²) in [5.74, 6) is 0.960. The Morgan fingerprint density at radius 1 is 1.03 bits per heavy atom. The van der Waals surface area contributed by atoms with E-state index in [1.165, 1.54) is 11.1 Å². The molecule has 2 nitrogen and oxygen atoms in total. The summed E-state index contributed by atoms with van der Waals surface area (Å²) < 4.78 is 64.9. The fourth-order valence-electron chi connectivity index (χ4n) is 2.71. The molecule has 2 aromatic carbocycles. The third-order valence-electron chi connectivity index (χ3n) is 3.88. The first kappa shape index (κ1) is 24.2. The topological polar surface area (TPSA) is 23.2 Å². The third-order valence-corrected chi connectivity index (χ3v) is 4.23. The van der Waals surface area contributed by atoms with Gasteiger partial charge in [-0.25, -0.2) is 4.99 Å². The molecule has 0 amide bonds. The van der Waals surface area contributed by atoms with Gasteiger partial charge in [0, 0.05) is 23.1 Å². The van der Waals surface area contributed by atoms with E-state index in [0.29, 0.717) is 0 Å². The van der Waals surface area contributed by atoms with Crippen molar-refractivity contribution >= 4 is 31.2 Å². The van der Waals surface area contributed by atoms with Gasteiger partial charge in [-0.3, -0.25) is 0 Å². The van der Waals surface area contributed by atoms with Gasteiger partial charge in [0.15, 0.2) is 0 Å². The second-order valence-electron chi connectivity index (χ2n) is 6.57. The summed E-state index contributed by atoms with van der Waals surface area (Å²) in [6.45, 7) is 3.82. The number of hydrogen-bond acceptors (Lipinski definition) is 1. The van der Waals surface area contributed by atoms with Crippen LogP contribution in [0.2, 0.25) is 5.02 Å². The van der Waals surface area contributed by atoms with Crippen molar-refractivity contribution in [3.8, 4) is 5.75 Å². The number of nitrogens with one attached hydrogen (secondary N) is 1. The predicted molar refractivity (Wildman–Crippen MR) is 110 cm³/mol. The van der Waals surface area contributed by atoms with Crippen LogP contribution in [-0.4, -0.2) is 18.9 Å². The fraction of sp³-hybridized carbons (Fsp3) is 0.250. The predicted octanol–water partition coefficient (Wildman–Crippen LogP) is 6.65. The van der Waals surface area contributed by atoms with Gasteiger partial charge in [-0.15, -0.1) is 0 Å². The molecule has 0 fully saturated rings. The molecule has 0 unspecified atom stereocenters. The van der Waals surface area contributed by atoms with Gasteiger partial charge in [0.05, 0.1) is 6.61 Å². The molecular weight excluding hydrogens is 451 g/mol. The Hall–Kier alpha value is -2.05. The SMILES string of the molecule is CCCOc1ccc2c(c1)CC[NH+]=C2/C=C/c1ccccc1Cl.F[P-](F)(F)(F)(F)F. The van der Waals surface area contributed by atoms with E-state index in [4.69, 9.17) is 16.3 Å². The number of allylic oxidation sites excluding steroid dienone is 1. The van der Waals surface area contributed by atoms with Gasteiger partial charge in [-0.1, -0.05) is 36.7 Å². The minimum absolute atomic E-state index is 0.764. The van der Waals surface area contributed by atoms with E-state index in [2.05, 4.69) is 36.2 Å². The Balaban J connectivity index is 0.000000396. The van der Waals surface area contributed by atoms with Crippen molar-refractivity contribution in [2.24, 2.45) is 0 Å². The van der Waals surface area contributed by atoms with Crippen LogP contribution in [0, 0.1) is 0 Å². The molecule has 0 radical (unpaired) electrons. The molecule has 1 aliphatic heterocycles. The van der Waals surface area contributed by atoms with Gasteiger partial charge in [0.2, 0.25) is 5.71 Å². The quantitative estimate of drug-likeness (QED) is 0.383. The monoisotopic (exact) mass is 471 g/mol. The molecule has 2 aromatic rings. The van der Waals surface area contributed by atoms with E-state index in [-0.39, 0.29) is 0 Å². The summed E-state index contributed by atoms with van der Waals surface area (Å²) in [5.41, 5.74) is 4.73. The number of hydrogen-bond donors (Lipinski definition) is 1. The zero-order valence-electron chi connectivity index (χ0n) is 16.0. The van der Waals surface area contributed by atoms with E-state index >= 15 is 0 Å². The molecule has 0 aliphatic carbocycles. The second-order valence-corrected chi connectivity index (χ2v) is 8.89. The summed E-state index contributed by atoms with van der Waals surface area (Å²) in [5, 5.41) is 0.767. The molecule has 0 atom stereocenters. The average Bonchev–Trinajstić information content (AvgIpc) is 2.63. The average molecular weight is 472 g/mol. The first-order valence-corrected chi connectivity index (χ1v) is 11.5. The molecule has 1 N–H and O–H groups in total. The number of benzene rings is 2. The van der Waals surface area contributed by atoms with E-state index in [9.17, 15) is 25.2 Å². The van der Waals surface area contributed by atoms with E-state index < -0.39 is 7.81 Å². The summed E-state index contributed by atoms with van der Waals surface area (Å²) in [7, 11) is -10.7. The molecule has 3 rings (SSSR count). The van der Waals surface area contributed by atoms with E-state index in [1.54, 1.807) is 0 Å². The minimum atomic E-state index is -10.7. The van der Waals surface area contributed by atoms with Crippen LogP contribution in [0.3, 0.4) is 0 Å². The Morgan fingerprint density at radius 3 is 2.33 bits per heavy atom. The Kier molecular flexibility index (Phi) is 6.94. The molecule has 10 heteroatoms. The second kappa shape index (κ2) is 8.60. The number of ether oxygens (including phenoxy) is 1. The van der Waals surface area contributed by atoms with Crippen LogP contribution in [0.25, 0.3) is 6.08 Å². The maximum absolute atomic E-state index is 10.7. The van der Waals surface area contributed by atoms with Gasteiger partial charge in [-0.05, 0) is 47.9 Å². The summed E-state index contributed by atoms with van der Waals surface area (Å²) in [4.78, 5) is 3.47. The molecular formula is C20H21ClF6NOP. The van der Waals surface area contributed by atoms with Crippen LogP contribution < -0.4 is 9.73 Å². The van der Waals surface area contributed by atoms with Gasteiger partial charge >= 0.3 is 33.0 Å². The van der Waals surface area contributed by atoms with Crippen molar-refractivity contribution in [3.63, 3.8) is 0 Å². The molecule has 0 aromatic heterocycles. The Labute approximate surface area is 175 Å². The maximum atomic E-state index is 9.87. The molecule has 0 saturated heterocycles. The van der Waals surface area contributed by atoms with Crippen LogP contribution in [0.5, 0.6) is 5.75 Å². The zero-order chi connectivity index (χ0) is 22.5. The first-order valence-electron chi connectivity index (χ1n) is 9.09. The molecule has 1 aliphatic rings. The van der Waals surface area contributed by atoms with Gasteiger partial charge in [0.25, 0.3) is 0 Å². The van der Waals surface area contributed by atoms with Gasteiger partial charge in [0.1, 0.15) is 12.3 Å². The summed E-state index contributed by atoms with van der Waals surface area (Å²) in [6, 6.07) is 14.2. The van der Waals surface area contributed by atoms with E-state index in [1.807, 2.05) is 30.3 Å². The van der Waals surface area contributed by atoms with E-state index in [0.717, 1.165) is 48.0 Å². The molecule has 30 heavy (non-hydrogen) atoms. The Morgan fingerprint density at radius 2 is 1.70 bits per heavy atom. The number of halogens is 7. The van der Waals surface area contributed by atoms with Crippen LogP contribution in [0.15, 0.2) is 48.5 Å². The van der Waals surface area contributed by atoms with Crippen LogP contribution >= 0.6 is 19.4 Å². The van der Waals surface area contributed by atoms with Crippen molar-refractivity contribution < 1.29 is 34.9 Å². The summed E-state index contributed by atoms with van der Waals surface area (Å²) in [6.07, 6.45) is 6.20. The fourth-order valence-corrected chi connectivity index (χ4v) is 2.91. The van der Waals surface area contributed by atoms with Crippen molar-refractivity contribution in [1.82, 2.24) is 0 Å². The Bertz CT molecular complexity index is 946. The molecule has 0 spiro atoms. The van der Waals surface area contributed by atoms with Gasteiger partial charge < -0.3 is 4.74 Å². The van der Waals surface area contributed by atoms with Crippen LogP contribution in [0.1, 0.15) is 30.0 Å². The summed E-state index contributed by atoms with van der Waals surface area (Å²) >= 11 is 6.21. The molecule has 0 saturated carbocycles. The molecule has 166 valence electrons. The standard InChI is InChI=1S/C20H20ClNO.F6P/c1-2-13-23-17-8-9-18-16(14-17)11-12-22-20(18)10-7-15-5-3-4-6-19(15)21;1-7(2,3,4,5)6/h3-10,14H,2,11-13H2,1H3;/q;-1/p+1/b10-7+;. The third kappa shape index (κ3) is 9.63. The normalized spacial score (nSPS) is 15.9. The van der Waals surface area contributed by atoms with Crippen LogP contribution in [-0.2, 0) is 6.42 Å². The van der Waals surface area contributed by atoms with Crippen molar-refractivity contribution in [2.45, 2.75) is 19.8 Å². The van der Waals surface area contributed by atoms with Gasteiger partial charge in [-0.2, -0.15) is 0 Å². The van der Waals surface area contributed by atoms with Crippen molar-refractivity contribution in [1.29, 1.82) is 0 Å².